The second kappa shape index (κ2) is 9.43. The van der Waals surface area contributed by atoms with Crippen molar-refractivity contribution in [2.75, 3.05) is 40.4 Å². The SMILES string of the molecule is CN=C(NCCc1c[nH]c2c(C)cccc12)N(C)CC1CCOC1.I. The van der Waals surface area contributed by atoms with Crippen LogP contribution in [0.2, 0.25) is 0 Å². The number of fused-ring (bicyclic) bond motifs is 1. The van der Waals surface area contributed by atoms with Crippen LogP contribution in [0.25, 0.3) is 10.9 Å². The predicted octanol–water partition coefficient (Wildman–Crippen LogP) is 3.18. The molecular weight excluding hydrogens is 427 g/mol. The van der Waals surface area contributed by atoms with Crippen LogP contribution in [-0.2, 0) is 11.2 Å². The second-order valence-corrected chi connectivity index (χ2v) is 6.65. The number of nitrogens with zero attached hydrogens (tertiary/aromatic N) is 2. The molecule has 2 N–H and O–H groups in total. The van der Waals surface area contributed by atoms with Crippen molar-refractivity contribution in [1.82, 2.24) is 15.2 Å². The Labute approximate surface area is 167 Å². The van der Waals surface area contributed by atoms with Crippen molar-refractivity contribution < 1.29 is 4.74 Å². The minimum atomic E-state index is 0. The van der Waals surface area contributed by atoms with Gasteiger partial charge >= 0.3 is 0 Å². The van der Waals surface area contributed by atoms with Crippen LogP contribution in [0.1, 0.15) is 17.5 Å². The highest BCUT2D eigenvalue weighted by Crippen LogP contribution is 2.21. The average Bonchev–Trinajstić information content (AvgIpc) is 3.22. The van der Waals surface area contributed by atoms with Gasteiger partial charge in [-0.1, -0.05) is 18.2 Å². The van der Waals surface area contributed by atoms with E-state index in [9.17, 15) is 0 Å². The molecule has 0 aliphatic carbocycles. The van der Waals surface area contributed by atoms with Crippen LogP contribution in [0.15, 0.2) is 29.4 Å². The van der Waals surface area contributed by atoms with E-state index in [1.54, 1.807) is 0 Å². The molecule has 25 heavy (non-hydrogen) atoms. The average molecular weight is 456 g/mol. The highest BCUT2D eigenvalue weighted by molar-refractivity contribution is 14.0. The number of benzene rings is 1. The van der Waals surface area contributed by atoms with Crippen molar-refractivity contribution in [3.8, 4) is 0 Å². The van der Waals surface area contributed by atoms with Crippen LogP contribution in [0.4, 0.5) is 0 Å². The number of halogens is 1. The summed E-state index contributed by atoms with van der Waals surface area (Å²) in [6.07, 6.45) is 4.25. The molecule has 5 nitrogen and oxygen atoms in total. The Balaban J connectivity index is 0.00000225. The Morgan fingerprint density at radius 3 is 3.00 bits per heavy atom. The van der Waals surface area contributed by atoms with E-state index in [-0.39, 0.29) is 24.0 Å². The van der Waals surface area contributed by atoms with Crippen LogP contribution in [0.3, 0.4) is 0 Å². The lowest BCUT2D eigenvalue weighted by molar-refractivity contribution is 0.181. The van der Waals surface area contributed by atoms with Crippen LogP contribution in [-0.4, -0.2) is 56.2 Å². The maximum Gasteiger partial charge on any atom is 0.193 e. The third kappa shape index (κ3) is 4.88. The molecule has 0 saturated carbocycles. The lowest BCUT2D eigenvalue weighted by Gasteiger charge is -2.24. The van der Waals surface area contributed by atoms with Gasteiger partial charge in [0.05, 0.1) is 6.61 Å². The molecule has 6 heteroatoms. The highest BCUT2D eigenvalue weighted by atomic mass is 127. The van der Waals surface area contributed by atoms with E-state index >= 15 is 0 Å². The summed E-state index contributed by atoms with van der Waals surface area (Å²) in [6, 6.07) is 6.46. The van der Waals surface area contributed by atoms with E-state index in [1.807, 2.05) is 7.05 Å². The van der Waals surface area contributed by atoms with Crippen molar-refractivity contribution in [2.24, 2.45) is 10.9 Å². The largest absolute Gasteiger partial charge is 0.381 e. The monoisotopic (exact) mass is 456 g/mol. The van der Waals surface area contributed by atoms with Gasteiger partial charge in [0.25, 0.3) is 0 Å². The molecule has 138 valence electrons. The minimum Gasteiger partial charge on any atom is -0.381 e. The molecule has 3 rings (SSSR count). The van der Waals surface area contributed by atoms with Gasteiger partial charge in [0.15, 0.2) is 5.96 Å². The summed E-state index contributed by atoms with van der Waals surface area (Å²) in [5.74, 6) is 1.57. The zero-order valence-electron chi connectivity index (χ0n) is 15.3. The number of hydrogen-bond donors (Lipinski definition) is 2. The maximum absolute atomic E-state index is 5.46. The number of rotatable bonds is 5. The van der Waals surface area contributed by atoms with E-state index in [4.69, 9.17) is 4.74 Å². The Hall–Kier alpha value is -1.28. The number of nitrogens with one attached hydrogen (secondary N) is 2. The normalized spacial score (nSPS) is 17.6. The van der Waals surface area contributed by atoms with E-state index in [2.05, 4.69) is 58.6 Å². The van der Waals surface area contributed by atoms with Crippen LogP contribution in [0.5, 0.6) is 0 Å². The van der Waals surface area contributed by atoms with E-state index in [0.29, 0.717) is 5.92 Å². The summed E-state index contributed by atoms with van der Waals surface area (Å²) in [7, 11) is 3.95. The van der Waals surface area contributed by atoms with Crippen LogP contribution in [0, 0.1) is 12.8 Å². The molecule has 1 saturated heterocycles. The number of aliphatic imine (C=N–C) groups is 1. The molecule has 0 spiro atoms. The van der Waals surface area contributed by atoms with Gasteiger partial charge in [-0.05, 0) is 30.9 Å². The minimum absolute atomic E-state index is 0. The topological polar surface area (TPSA) is 52.7 Å². The van der Waals surface area contributed by atoms with Gasteiger partial charge in [0, 0.05) is 56.8 Å². The zero-order chi connectivity index (χ0) is 16.9. The molecular formula is C19H29IN4O. The predicted molar refractivity (Wildman–Crippen MR) is 115 cm³/mol. The molecule has 1 aliphatic heterocycles. The van der Waals surface area contributed by atoms with Crippen molar-refractivity contribution in [2.45, 2.75) is 19.8 Å². The van der Waals surface area contributed by atoms with E-state index < -0.39 is 0 Å². The van der Waals surface area contributed by atoms with Crippen LogP contribution >= 0.6 is 24.0 Å². The third-order valence-corrected chi connectivity index (χ3v) is 4.82. The maximum atomic E-state index is 5.46. The molecule has 2 aromatic rings. The molecule has 1 fully saturated rings. The summed E-state index contributed by atoms with van der Waals surface area (Å²) < 4.78 is 5.46. The Morgan fingerprint density at radius 2 is 2.28 bits per heavy atom. The van der Waals surface area contributed by atoms with Gasteiger partial charge in [-0.3, -0.25) is 4.99 Å². The summed E-state index contributed by atoms with van der Waals surface area (Å²) in [5, 5.41) is 4.80. The van der Waals surface area contributed by atoms with Crippen molar-refractivity contribution in [1.29, 1.82) is 0 Å². The number of aromatic amines is 1. The smallest absolute Gasteiger partial charge is 0.193 e. The fourth-order valence-corrected chi connectivity index (χ4v) is 3.47. The molecule has 1 aromatic heterocycles. The molecule has 0 radical (unpaired) electrons. The first-order chi connectivity index (χ1) is 11.7. The Bertz CT molecular complexity index is 707. The van der Waals surface area contributed by atoms with Gasteiger partial charge < -0.3 is 19.9 Å². The lowest BCUT2D eigenvalue weighted by Crippen LogP contribution is -2.42. The number of H-pyrrole nitrogens is 1. The van der Waals surface area contributed by atoms with Crippen molar-refractivity contribution in [3.05, 3.63) is 35.5 Å². The number of ether oxygens (including phenoxy) is 1. The molecule has 0 bridgehead atoms. The van der Waals surface area contributed by atoms with Gasteiger partial charge in [-0.25, -0.2) is 0 Å². The number of guanidine groups is 1. The number of aromatic nitrogens is 1. The number of aryl methyl sites for hydroxylation is 1. The Kier molecular flexibility index (Phi) is 7.56. The quantitative estimate of drug-likeness (QED) is 0.413. The fraction of sp³-hybridized carbons (Fsp3) is 0.526. The third-order valence-electron chi connectivity index (χ3n) is 4.82. The first kappa shape index (κ1) is 20.0. The van der Waals surface area contributed by atoms with Crippen LogP contribution < -0.4 is 5.32 Å². The van der Waals surface area contributed by atoms with Gasteiger partial charge in [-0.2, -0.15) is 0 Å². The number of hydrogen-bond acceptors (Lipinski definition) is 2. The molecule has 0 amide bonds. The Morgan fingerprint density at radius 1 is 1.44 bits per heavy atom. The molecule has 1 atom stereocenters. The summed E-state index contributed by atoms with van der Waals surface area (Å²) >= 11 is 0. The lowest BCUT2D eigenvalue weighted by atomic mass is 10.1. The van der Waals surface area contributed by atoms with Gasteiger partial charge in [0.2, 0.25) is 0 Å². The second-order valence-electron chi connectivity index (χ2n) is 6.65. The first-order valence-corrected chi connectivity index (χ1v) is 8.74. The standard InChI is InChI=1S/C19H28N4O.HI/c1-14-5-4-6-17-16(11-22-18(14)17)7-9-21-19(20-2)23(3)12-15-8-10-24-13-15;/h4-6,11,15,22H,7-10,12-13H2,1-3H3,(H,20,21);1H. The highest BCUT2D eigenvalue weighted by Gasteiger charge is 2.19. The first-order valence-electron chi connectivity index (χ1n) is 8.74. The summed E-state index contributed by atoms with van der Waals surface area (Å²) in [4.78, 5) is 10.0. The fourth-order valence-electron chi connectivity index (χ4n) is 3.47. The van der Waals surface area contributed by atoms with Crippen molar-refractivity contribution >= 4 is 40.8 Å². The molecule has 2 heterocycles. The van der Waals surface area contributed by atoms with E-state index in [1.165, 1.54) is 22.0 Å². The van der Waals surface area contributed by atoms with E-state index in [0.717, 1.165) is 45.1 Å². The molecule has 1 aromatic carbocycles. The number of para-hydroxylation sites is 1. The van der Waals surface area contributed by atoms with Gasteiger partial charge in [-0.15, -0.1) is 24.0 Å². The van der Waals surface area contributed by atoms with Crippen molar-refractivity contribution in [3.63, 3.8) is 0 Å². The zero-order valence-corrected chi connectivity index (χ0v) is 17.7. The summed E-state index contributed by atoms with van der Waals surface area (Å²) in [5.41, 5.74) is 3.89. The molecule has 1 aliphatic rings. The summed E-state index contributed by atoms with van der Waals surface area (Å²) in [6.45, 7) is 5.77. The van der Waals surface area contributed by atoms with Gasteiger partial charge in [0.1, 0.15) is 0 Å². The molecule has 1 unspecified atom stereocenters.